The van der Waals surface area contributed by atoms with E-state index in [1.165, 1.54) is 39.8 Å². The fraction of sp³-hybridized carbons (Fsp3) is 0.269. The maximum absolute atomic E-state index is 11.4. The smallest absolute Gasteiger partial charge is 0.319 e. The number of carboxylic acids is 1. The van der Waals surface area contributed by atoms with Crippen LogP contribution < -0.4 is 4.90 Å². The van der Waals surface area contributed by atoms with Gasteiger partial charge in [0.2, 0.25) is 0 Å². The Morgan fingerprint density at radius 1 is 1.12 bits per heavy atom. The summed E-state index contributed by atoms with van der Waals surface area (Å²) in [5, 5.41) is 18.8. The molecule has 2 aromatic carbocycles. The van der Waals surface area contributed by atoms with E-state index in [1.54, 1.807) is 13.8 Å². The summed E-state index contributed by atoms with van der Waals surface area (Å²) < 4.78 is -0.122. The molecule has 0 radical (unpaired) electrons. The average Bonchev–Trinajstić information content (AvgIpc) is 3.46. The van der Waals surface area contributed by atoms with E-state index in [9.17, 15) is 9.90 Å². The lowest BCUT2D eigenvalue weighted by Gasteiger charge is -2.23. The summed E-state index contributed by atoms with van der Waals surface area (Å²) in [5.74, 6) is 0.134. The third-order valence-corrected chi connectivity index (χ3v) is 7.67. The molecule has 0 aliphatic rings. The summed E-state index contributed by atoms with van der Waals surface area (Å²) in [6.07, 6.45) is 0.755. The second-order valence-corrected chi connectivity index (χ2v) is 11.4. The summed E-state index contributed by atoms with van der Waals surface area (Å²) >= 11 is 2.79. The molecule has 0 amide bonds. The lowest BCUT2D eigenvalue weighted by atomic mass is 10.0. The highest BCUT2D eigenvalue weighted by Crippen LogP contribution is 2.34. The molecule has 0 saturated heterocycles. The molecule has 4 rings (SSSR count). The van der Waals surface area contributed by atoms with Crippen LogP contribution in [0.1, 0.15) is 30.8 Å². The Bertz CT molecular complexity index is 1230. The first-order chi connectivity index (χ1) is 16.3. The quantitative estimate of drug-likeness (QED) is 0.262. The van der Waals surface area contributed by atoms with Gasteiger partial charge in [-0.15, -0.1) is 11.3 Å². The van der Waals surface area contributed by atoms with Crippen molar-refractivity contribution in [3.8, 4) is 11.1 Å². The minimum absolute atomic E-state index is 0.745. The summed E-state index contributed by atoms with van der Waals surface area (Å²) in [7, 11) is 0. The van der Waals surface area contributed by atoms with Crippen molar-refractivity contribution in [3.05, 3.63) is 83.0 Å². The van der Waals surface area contributed by atoms with Crippen molar-refractivity contribution in [3.63, 3.8) is 0 Å². The van der Waals surface area contributed by atoms with Crippen molar-refractivity contribution in [2.45, 2.75) is 42.8 Å². The van der Waals surface area contributed by atoms with E-state index in [2.05, 4.69) is 74.7 Å². The molecule has 176 valence electrons. The van der Waals surface area contributed by atoms with Crippen LogP contribution in [-0.4, -0.2) is 37.5 Å². The largest absolute Gasteiger partial charge is 0.480 e. The maximum atomic E-state index is 11.4. The first-order valence-corrected chi connectivity index (χ1v) is 12.8. The first-order valence-electron chi connectivity index (χ1n) is 11.1. The Kier molecular flexibility index (Phi) is 7.38. The summed E-state index contributed by atoms with van der Waals surface area (Å²) in [5.41, 5.74) is 5.53. The molecule has 0 atom stereocenters. The van der Waals surface area contributed by atoms with Crippen LogP contribution in [-0.2, 0) is 17.8 Å². The van der Waals surface area contributed by atoms with Crippen molar-refractivity contribution < 1.29 is 9.90 Å². The monoisotopic (exact) mass is 492 g/mol. The number of nitrogens with one attached hydrogen (secondary N) is 1. The number of hydrogen-bond donors (Lipinski definition) is 2. The molecule has 8 heteroatoms. The van der Waals surface area contributed by atoms with Crippen LogP contribution in [0.4, 0.5) is 5.82 Å². The molecule has 34 heavy (non-hydrogen) atoms. The summed E-state index contributed by atoms with van der Waals surface area (Å²) in [4.78, 5) is 18.4. The van der Waals surface area contributed by atoms with Gasteiger partial charge >= 0.3 is 5.97 Å². The Morgan fingerprint density at radius 3 is 2.47 bits per heavy atom. The van der Waals surface area contributed by atoms with Crippen molar-refractivity contribution in [2.24, 2.45) is 0 Å². The van der Waals surface area contributed by atoms with E-state index < -0.39 is 10.7 Å². The van der Waals surface area contributed by atoms with Crippen molar-refractivity contribution >= 4 is 34.9 Å². The highest BCUT2D eigenvalue weighted by atomic mass is 32.2. The predicted octanol–water partition coefficient (Wildman–Crippen LogP) is 6.05. The molecule has 0 unspecified atom stereocenters. The number of aromatic nitrogens is 3. The van der Waals surface area contributed by atoms with Crippen LogP contribution in [0.25, 0.3) is 11.1 Å². The van der Waals surface area contributed by atoms with Gasteiger partial charge in [0.25, 0.3) is 0 Å². The number of carbonyl (C=O) groups is 1. The second-order valence-electron chi connectivity index (χ2n) is 8.65. The summed E-state index contributed by atoms with van der Waals surface area (Å²) in [6.45, 7) is 6.88. The van der Waals surface area contributed by atoms with Crippen molar-refractivity contribution in [1.82, 2.24) is 15.2 Å². The number of nitrogens with zero attached hydrogens (tertiary/aromatic N) is 3. The molecule has 4 aromatic rings. The number of thioether (sulfide) groups is 1. The van der Waals surface area contributed by atoms with Crippen LogP contribution in [0.3, 0.4) is 0 Å². The Labute approximate surface area is 208 Å². The lowest BCUT2D eigenvalue weighted by molar-refractivity contribution is -0.138. The zero-order chi connectivity index (χ0) is 24.1. The van der Waals surface area contributed by atoms with Gasteiger partial charge in [-0.05, 0) is 37.5 Å². The molecular formula is C26H28N4O2S2. The molecule has 2 heterocycles. The standard InChI is InChI=1S/C26H28N4O2S2/c1-18-15-23(29-28-18)30(14-13-22-17-33-25(27-22)34-26(2,3)24(31)32)16-19-9-11-21(12-10-19)20-7-5-4-6-8-20/h4-12,15,17H,13-14,16H2,1-3H3,(H,28,29)(H,31,32). The van der Waals surface area contributed by atoms with E-state index in [-0.39, 0.29) is 0 Å². The molecule has 0 aliphatic carbocycles. The van der Waals surface area contributed by atoms with Crippen molar-refractivity contribution in [1.29, 1.82) is 0 Å². The molecule has 0 fully saturated rings. The second kappa shape index (κ2) is 10.4. The normalized spacial score (nSPS) is 11.5. The fourth-order valence-electron chi connectivity index (χ4n) is 3.47. The number of H-pyrrole nitrogens is 1. The minimum atomic E-state index is -0.902. The highest BCUT2D eigenvalue weighted by Gasteiger charge is 2.29. The first kappa shape index (κ1) is 24.0. The molecule has 2 N–H and O–H groups in total. The number of hydrogen-bond acceptors (Lipinski definition) is 6. The Morgan fingerprint density at radius 2 is 1.82 bits per heavy atom. The lowest BCUT2D eigenvalue weighted by Crippen LogP contribution is -2.27. The number of benzene rings is 2. The molecular weight excluding hydrogens is 464 g/mol. The highest BCUT2D eigenvalue weighted by molar-refractivity contribution is 8.03. The van der Waals surface area contributed by atoms with E-state index in [0.717, 1.165) is 41.1 Å². The SMILES string of the molecule is Cc1cc(N(CCc2csc(SC(C)(C)C(=O)O)n2)Cc2ccc(-c3ccccc3)cc2)[nH]n1. The van der Waals surface area contributed by atoms with Gasteiger partial charge in [0.05, 0.1) is 11.4 Å². The number of carboxylic acid groups (broad SMARTS) is 1. The van der Waals surface area contributed by atoms with Gasteiger partial charge < -0.3 is 10.0 Å². The van der Waals surface area contributed by atoms with Crippen LogP contribution in [0.15, 0.2) is 70.4 Å². The van der Waals surface area contributed by atoms with E-state index in [4.69, 9.17) is 0 Å². The molecule has 6 nitrogen and oxygen atoms in total. The molecule has 0 saturated carbocycles. The number of anilines is 1. The van der Waals surface area contributed by atoms with E-state index in [0.29, 0.717) is 0 Å². The fourth-order valence-corrected chi connectivity index (χ4v) is 5.70. The summed E-state index contributed by atoms with van der Waals surface area (Å²) in [6, 6.07) is 21.1. The van der Waals surface area contributed by atoms with Crippen molar-refractivity contribution in [2.75, 3.05) is 11.4 Å². The number of rotatable bonds is 10. The molecule has 0 bridgehead atoms. The van der Waals surface area contributed by atoms with Gasteiger partial charge in [-0.1, -0.05) is 66.4 Å². The minimum Gasteiger partial charge on any atom is -0.480 e. The molecule has 0 spiro atoms. The van der Waals surface area contributed by atoms with Crippen LogP contribution in [0.5, 0.6) is 0 Å². The van der Waals surface area contributed by atoms with Gasteiger partial charge in [-0.25, -0.2) is 4.98 Å². The zero-order valence-corrected chi connectivity index (χ0v) is 21.1. The van der Waals surface area contributed by atoms with E-state index >= 15 is 0 Å². The Balaban J connectivity index is 1.45. The third kappa shape index (κ3) is 6.07. The number of aryl methyl sites for hydroxylation is 1. The number of aromatic amines is 1. The van der Waals surface area contributed by atoms with Gasteiger partial charge in [-0.2, -0.15) is 5.10 Å². The predicted molar refractivity (Wildman–Crippen MR) is 140 cm³/mol. The Hall–Kier alpha value is -3.10. The van der Waals surface area contributed by atoms with Crippen LogP contribution >= 0.6 is 23.1 Å². The van der Waals surface area contributed by atoms with Gasteiger partial charge in [0.1, 0.15) is 10.6 Å². The molecule has 2 aromatic heterocycles. The van der Waals surface area contributed by atoms with Crippen LogP contribution in [0.2, 0.25) is 0 Å². The number of thiazole rings is 1. The van der Waals surface area contributed by atoms with Gasteiger partial charge in [0, 0.05) is 31.0 Å². The van der Waals surface area contributed by atoms with Gasteiger partial charge in [-0.3, -0.25) is 9.89 Å². The zero-order valence-electron chi connectivity index (χ0n) is 19.5. The van der Waals surface area contributed by atoms with Gasteiger partial charge in [0.15, 0.2) is 4.34 Å². The average molecular weight is 493 g/mol. The number of aliphatic carboxylic acids is 1. The maximum Gasteiger partial charge on any atom is 0.319 e. The third-order valence-electron chi connectivity index (χ3n) is 5.49. The van der Waals surface area contributed by atoms with Crippen LogP contribution in [0, 0.1) is 6.92 Å². The molecule has 0 aliphatic heterocycles. The topological polar surface area (TPSA) is 82.1 Å². The van der Waals surface area contributed by atoms with E-state index in [1.807, 2.05) is 18.4 Å².